The Balaban J connectivity index is 1.58. The highest BCUT2D eigenvalue weighted by atomic mass is 19.4. The quantitative estimate of drug-likeness (QED) is 0.576. The Bertz CT molecular complexity index is 1230. The number of benzene rings is 1. The third-order valence-electron chi connectivity index (χ3n) is 6.01. The van der Waals surface area contributed by atoms with Crippen molar-refractivity contribution in [2.24, 2.45) is 11.3 Å². The van der Waals surface area contributed by atoms with Gasteiger partial charge in [0.05, 0.1) is 22.8 Å². The number of alkyl halides is 3. The maximum Gasteiger partial charge on any atom is 0.433 e. The van der Waals surface area contributed by atoms with Crippen molar-refractivity contribution in [1.29, 1.82) is 5.26 Å². The molecule has 0 spiro atoms. The van der Waals surface area contributed by atoms with Gasteiger partial charge in [-0.3, -0.25) is 9.48 Å². The molecule has 32 heavy (non-hydrogen) atoms. The number of halogens is 3. The summed E-state index contributed by atoms with van der Waals surface area (Å²) in [4.78, 5) is 15.9. The number of hydrogen-bond donors (Lipinski definition) is 1. The van der Waals surface area contributed by atoms with E-state index < -0.39 is 17.8 Å². The maximum atomic E-state index is 12.9. The molecule has 1 aromatic carbocycles. The van der Waals surface area contributed by atoms with E-state index in [0.29, 0.717) is 11.4 Å². The summed E-state index contributed by atoms with van der Waals surface area (Å²) in [6, 6.07) is 8.58. The fourth-order valence-corrected chi connectivity index (χ4v) is 3.89. The van der Waals surface area contributed by atoms with Gasteiger partial charge in [0.25, 0.3) is 5.91 Å². The molecule has 1 aliphatic carbocycles. The van der Waals surface area contributed by atoms with Crippen LogP contribution in [0, 0.1) is 22.7 Å². The summed E-state index contributed by atoms with van der Waals surface area (Å²) in [5.74, 6) is -0.212. The summed E-state index contributed by atoms with van der Waals surface area (Å²) in [6.07, 6.45) is -0.742. The Labute approximate surface area is 183 Å². The van der Waals surface area contributed by atoms with Gasteiger partial charge >= 0.3 is 6.18 Å². The summed E-state index contributed by atoms with van der Waals surface area (Å²) in [5.41, 5.74) is -0.310. The van der Waals surface area contributed by atoms with Gasteiger partial charge in [0.2, 0.25) is 0 Å². The van der Waals surface area contributed by atoms with E-state index in [-0.39, 0.29) is 28.4 Å². The number of fused-ring (bicyclic) bond motifs is 1. The minimum Gasteiger partial charge on any atom is -0.319 e. The Morgan fingerprint density at radius 2 is 1.94 bits per heavy atom. The fraction of sp³-hybridized carbons (Fsp3) is 0.391. The molecule has 0 unspecified atom stereocenters. The average molecular weight is 441 g/mol. The van der Waals surface area contributed by atoms with Crippen LogP contribution in [0.25, 0.3) is 10.9 Å². The summed E-state index contributed by atoms with van der Waals surface area (Å²) in [6.45, 7) is 6.67. The van der Waals surface area contributed by atoms with Gasteiger partial charge in [0, 0.05) is 11.6 Å². The first-order valence-electron chi connectivity index (χ1n) is 10.2. The molecular formula is C23H22F3N5O. The smallest absolute Gasteiger partial charge is 0.319 e. The highest BCUT2D eigenvalue weighted by molar-refractivity contribution is 6.04. The van der Waals surface area contributed by atoms with E-state index in [4.69, 9.17) is 0 Å². The van der Waals surface area contributed by atoms with Gasteiger partial charge in [-0.15, -0.1) is 0 Å². The minimum atomic E-state index is -4.66. The highest BCUT2D eigenvalue weighted by Crippen LogP contribution is 2.47. The number of carbonyl (C=O) groups is 1. The molecule has 2 heterocycles. The molecule has 1 amide bonds. The van der Waals surface area contributed by atoms with Crippen LogP contribution in [-0.4, -0.2) is 20.7 Å². The van der Waals surface area contributed by atoms with E-state index in [0.717, 1.165) is 30.4 Å². The third kappa shape index (κ3) is 4.17. The molecule has 0 saturated heterocycles. The molecule has 0 bridgehead atoms. The van der Waals surface area contributed by atoms with Gasteiger partial charge in [0.1, 0.15) is 17.5 Å². The zero-order valence-corrected chi connectivity index (χ0v) is 17.9. The first-order chi connectivity index (χ1) is 15.0. The van der Waals surface area contributed by atoms with Crippen molar-refractivity contribution in [3.05, 3.63) is 53.5 Å². The molecule has 6 nitrogen and oxygen atoms in total. The van der Waals surface area contributed by atoms with E-state index in [9.17, 15) is 23.2 Å². The Hall–Kier alpha value is -3.41. The minimum absolute atomic E-state index is 0.171. The lowest BCUT2D eigenvalue weighted by molar-refractivity contribution is -0.141. The SMILES string of the molecule is CC(C)(C)C1CC(n2cc3cc(NC(=O)c4cccc(C(F)(F)F)n4)c(C#N)cc3n2)C1. The van der Waals surface area contributed by atoms with E-state index in [1.165, 1.54) is 6.07 Å². The second-order valence-corrected chi connectivity index (χ2v) is 9.23. The first-order valence-corrected chi connectivity index (χ1v) is 10.2. The maximum absolute atomic E-state index is 12.9. The van der Waals surface area contributed by atoms with Crippen LogP contribution in [0.3, 0.4) is 0 Å². The predicted molar refractivity (Wildman–Crippen MR) is 113 cm³/mol. The van der Waals surface area contributed by atoms with Crippen LogP contribution in [0.1, 0.15) is 61.4 Å². The summed E-state index contributed by atoms with van der Waals surface area (Å²) < 4.78 is 40.6. The van der Waals surface area contributed by atoms with Crippen molar-refractivity contribution in [3.63, 3.8) is 0 Å². The number of carbonyl (C=O) groups excluding carboxylic acids is 1. The van der Waals surface area contributed by atoms with Gasteiger partial charge in [0.15, 0.2) is 0 Å². The zero-order chi connectivity index (χ0) is 23.3. The lowest BCUT2D eigenvalue weighted by Gasteiger charge is -2.43. The molecule has 1 fully saturated rings. The van der Waals surface area contributed by atoms with Gasteiger partial charge in [-0.05, 0) is 48.4 Å². The molecule has 0 atom stereocenters. The normalized spacial score (nSPS) is 18.8. The largest absolute Gasteiger partial charge is 0.433 e. The van der Waals surface area contributed by atoms with Crippen molar-refractivity contribution in [2.45, 2.75) is 45.8 Å². The van der Waals surface area contributed by atoms with Crippen LogP contribution in [0.15, 0.2) is 36.5 Å². The van der Waals surface area contributed by atoms with Crippen molar-refractivity contribution < 1.29 is 18.0 Å². The van der Waals surface area contributed by atoms with Gasteiger partial charge in [-0.1, -0.05) is 26.8 Å². The summed E-state index contributed by atoms with van der Waals surface area (Å²) >= 11 is 0. The van der Waals surface area contributed by atoms with Crippen LogP contribution in [0.5, 0.6) is 0 Å². The Morgan fingerprint density at radius 1 is 1.22 bits per heavy atom. The van der Waals surface area contributed by atoms with Gasteiger partial charge in [-0.25, -0.2) is 4.98 Å². The second-order valence-electron chi connectivity index (χ2n) is 9.23. The number of rotatable bonds is 3. The monoisotopic (exact) mass is 441 g/mol. The van der Waals surface area contributed by atoms with Crippen LogP contribution in [0.4, 0.5) is 18.9 Å². The average Bonchev–Trinajstić information content (AvgIpc) is 3.06. The lowest BCUT2D eigenvalue weighted by Crippen LogP contribution is -2.35. The lowest BCUT2D eigenvalue weighted by atomic mass is 9.66. The van der Waals surface area contributed by atoms with E-state index in [1.54, 1.807) is 12.1 Å². The molecule has 3 aromatic rings. The van der Waals surface area contributed by atoms with E-state index >= 15 is 0 Å². The predicted octanol–water partition coefficient (Wildman–Crippen LogP) is 5.57. The Kier molecular flexibility index (Phi) is 5.19. The summed E-state index contributed by atoms with van der Waals surface area (Å²) in [5, 5.41) is 17.3. The van der Waals surface area contributed by atoms with Crippen LogP contribution in [0.2, 0.25) is 0 Å². The molecular weight excluding hydrogens is 419 g/mol. The van der Waals surface area contributed by atoms with Gasteiger partial charge in [-0.2, -0.15) is 23.5 Å². The van der Waals surface area contributed by atoms with E-state index in [1.807, 2.05) is 16.9 Å². The van der Waals surface area contributed by atoms with Gasteiger partial charge < -0.3 is 5.32 Å². The number of pyridine rings is 1. The second kappa shape index (κ2) is 7.62. The Morgan fingerprint density at radius 3 is 2.56 bits per heavy atom. The summed E-state index contributed by atoms with van der Waals surface area (Å²) in [7, 11) is 0. The highest BCUT2D eigenvalue weighted by Gasteiger charge is 2.38. The standard InChI is InChI=1S/C23H22F3N5O/c1-22(2,3)15-9-16(10-15)31-12-14-8-18(13(11-27)7-19(14)30-31)29-21(32)17-5-4-6-20(28-17)23(24,25)26/h4-8,12,15-16H,9-10H2,1-3H3,(H,29,32). The van der Waals surface area contributed by atoms with Crippen molar-refractivity contribution in [1.82, 2.24) is 14.8 Å². The van der Waals surface area contributed by atoms with Crippen LogP contribution >= 0.6 is 0 Å². The topological polar surface area (TPSA) is 83.6 Å². The molecule has 1 aliphatic rings. The molecule has 166 valence electrons. The number of amides is 1. The molecule has 2 aromatic heterocycles. The molecule has 9 heteroatoms. The zero-order valence-electron chi connectivity index (χ0n) is 17.9. The number of hydrogen-bond acceptors (Lipinski definition) is 4. The molecule has 0 radical (unpaired) electrons. The van der Waals surface area contributed by atoms with Crippen molar-refractivity contribution in [2.75, 3.05) is 5.32 Å². The van der Waals surface area contributed by atoms with Crippen LogP contribution < -0.4 is 5.32 Å². The number of aromatic nitrogens is 3. The number of nitrogens with one attached hydrogen (secondary N) is 1. The molecule has 0 aliphatic heterocycles. The fourth-order valence-electron chi connectivity index (χ4n) is 3.89. The number of nitrogens with zero attached hydrogens (tertiary/aromatic N) is 4. The van der Waals surface area contributed by atoms with Crippen molar-refractivity contribution >= 4 is 22.5 Å². The number of anilines is 1. The van der Waals surface area contributed by atoms with Crippen molar-refractivity contribution in [3.8, 4) is 6.07 Å². The molecule has 4 rings (SSSR count). The van der Waals surface area contributed by atoms with Crippen LogP contribution in [-0.2, 0) is 6.18 Å². The third-order valence-corrected chi connectivity index (χ3v) is 6.01. The molecule has 1 N–H and O–H groups in total. The van der Waals surface area contributed by atoms with E-state index in [2.05, 4.69) is 36.2 Å². The first kappa shape index (κ1) is 21.8. The molecule has 1 saturated carbocycles. The number of nitriles is 1.